The second kappa shape index (κ2) is 1.90. The van der Waals surface area contributed by atoms with Crippen LogP contribution < -0.4 is 0 Å². The number of allylic oxidation sites excluding steroid dienone is 4. The summed E-state index contributed by atoms with van der Waals surface area (Å²) in [5, 5.41) is 0. The van der Waals surface area contributed by atoms with Crippen LogP contribution in [-0.2, 0) is 4.79 Å². The molecule has 2 heteroatoms. The summed E-state index contributed by atoms with van der Waals surface area (Å²) in [6.45, 7) is 0. The average molecular weight is 112 g/mol. The highest BCUT2D eigenvalue weighted by Gasteiger charge is 2.10. The van der Waals surface area contributed by atoms with Crippen molar-refractivity contribution < 1.29 is 9.18 Å². The van der Waals surface area contributed by atoms with Gasteiger partial charge in [-0.05, 0) is 12.2 Å². The Labute approximate surface area is 46.5 Å². The van der Waals surface area contributed by atoms with E-state index >= 15 is 0 Å². The molecule has 1 atom stereocenters. The van der Waals surface area contributed by atoms with Gasteiger partial charge in [-0.2, -0.15) is 0 Å². The molecule has 0 spiro atoms. The Balaban J connectivity index is 2.74. The molecular formula is C6H5FO. The summed E-state index contributed by atoms with van der Waals surface area (Å²) < 4.78 is 12.1. The van der Waals surface area contributed by atoms with E-state index in [9.17, 15) is 9.18 Å². The molecule has 0 amide bonds. The molecule has 8 heavy (non-hydrogen) atoms. The first kappa shape index (κ1) is 5.22. The minimum absolute atomic E-state index is 0.465. The van der Waals surface area contributed by atoms with Gasteiger partial charge in [-0.1, -0.05) is 12.2 Å². The van der Waals surface area contributed by atoms with E-state index in [1.165, 1.54) is 24.3 Å². The molecule has 0 aromatic heterocycles. The molecule has 0 saturated carbocycles. The summed E-state index contributed by atoms with van der Waals surface area (Å²) in [5.74, 6) is -0.465. The lowest BCUT2D eigenvalue weighted by Crippen LogP contribution is -2.10. The monoisotopic (exact) mass is 112 g/mol. The van der Waals surface area contributed by atoms with Crippen molar-refractivity contribution in [1.29, 1.82) is 0 Å². The van der Waals surface area contributed by atoms with E-state index in [4.69, 9.17) is 0 Å². The van der Waals surface area contributed by atoms with Crippen molar-refractivity contribution in [2.75, 3.05) is 0 Å². The Kier molecular flexibility index (Phi) is 1.24. The van der Waals surface area contributed by atoms with Crippen LogP contribution in [0.2, 0.25) is 0 Å². The number of halogens is 1. The Hall–Kier alpha value is -0.920. The third kappa shape index (κ3) is 0.832. The number of rotatable bonds is 0. The van der Waals surface area contributed by atoms with E-state index in [-0.39, 0.29) is 0 Å². The standard InChI is InChI=1S/C6H5FO/c7-5-3-1-2-4-6(5)8/h1-5H. The van der Waals surface area contributed by atoms with Gasteiger partial charge in [0.15, 0.2) is 12.0 Å². The summed E-state index contributed by atoms with van der Waals surface area (Å²) >= 11 is 0. The first-order valence-electron chi connectivity index (χ1n) is 2.33. The maximum Gasteiger partial charge on any atom is 0.193 e. The average Bonchev–Trinajstić information content (AvgIpc) is 1.77. The van der Waals surface area contributed by atoms with Gasteiger partial charge in [0.2, 0.25) is 0 Å². The van der Waals surface area contributed by atoms with Gasteiger partial charge in [-0.15, -0.1) is 0 Å². The summed E-state index contributed by atoms with van der Waals surface area (Å²) in [4.78, 5) is 10.3. The maximum absolute atomic E-state index is 12.1. The van der Waals surface area contributed by atoms with Gasteiger partial charge >= 0.3 is 0 Å². The first-order chi connectivity index (χ1) is 3.80. The molecule has 0 fully saturated rings. The van der Waals surface area contributed by atoms with Crippen molar-refractivity contribution in [3.63, 3.8) is 0 Å². The third-order valence-corrected chi connectivity index (χ3v) is 0.923. The molecule has 0 N–H and O–H groups in total. The smallest absolute Gasteiger partial charge is 0.193 e. The Morgan fingerprint density at radius 3 is 2.62 bits per heavy atom. The normalized spacial score (nSPS) is 26.6. The van der Waals surface area contributed by atoms with Gasteiger partial charge in [0.1, 0.15) is 0 Å². The van der Waals surface area contributed by atoms with Crippen molar-refractivity contribution in [3.8, 4) is 0 Å². The van der Waals surface area contributed by atoms with Crippen LogP contribution in [0, 0.1) is 0 Å². The topological polar surface area (TPSA) is 17.1 Å². The maximum atomic E-state index is 12.1. The largest absolute Gasteiger partial charge is 0.291 e. The fourth-order valence-corrected chi connectivity index (χ4v) is 0.499. The Morgan fingerprint density at radius 2 is 2.25 bits per heavy atom. The minimum atomic E-state index is -1.40. The molecule has 42 valence electrons. The van der Waals surface area contributed by atoms with Crippen LogP contribution in [0.1, 0.15) is 0 Å². The lowest BCUT2D eigenvalue weighted by Gasteiger charge is -1.97. The molecule has 0 aromatic rings. The van der Waals surface area contributed by atoms with Crippen molar-refractivity contribution >= 4 is 5.78 Å². The van der Waals surface area contributed by atoms with Gasteiger partial charge in [-0.25, -0.2) is 4.39 Å². The highest BCUT2D eigenvalue weighted by atomic mass is 19.1. The number of ketones is 1. The molecule has 1 aliphatic carbocycles. The van der Waals surface area contributed by atoms with E-state index in [0.717, 1.165) is 0 Å². The highest BCUT2D eigenvalue weighted by Crippen LogP contribution is 2.01. The quantitative estimate of drug-likeness (QED) is 0.457. The summed E-state index contributed by atoms with van der Waals surface area (Å²) in [7, 11) is 0. The zero-order valence-electron chi connectivity index (χ0n) is 4.17. The minimum Gasteiger partial charge on any atom is -0.291 e. The number of carbonyl (C=O) groups is 1. The number of alkyl halides is 1. The predicted molar refractivity (Wildman–Crippen MR) is 28.2 cm³/mol. The van der Waals surface area contributed by atoms with E-state index in [1.54, 1.807) is 0 Å². The van der Waals surface area contributed by atoms with E-state index in [1.807, 2.05) is 0 Å². The van der Waals surface area contributed by atoms with Crippen molar-refractivity contribution in [1.82, 2.24) is 0 Å². The van der Waals surface area contributed by atoms with Gasteiger partial charge in [0.25, 0.3) is 0 Å². The van der Waals surface area contributed by atoms with Crippen LogP contribution in [-0.4, -0.2) is 12.0 Å². The van der Waals surface area contributed by atoms with Crippen LogP contribution in [0.5, 0.6) is 0 Å². The Morgan fingerprint density at radius 1 is 1.50 bits per heavy atom. The van der Waals surface area contributed by atoms with Crippen LogP contribution in [0.3, 0.4) is 0 Å². The zero-order valence-corrected chi connectivity index (χ0v) is 4.17. The second-order valence-corrected chi connectivity index (χ2v) is 1.55. The van der Waals surface area contributed by atoms with Crippen LogP contribution in [0.4, 0.5) is 4.39 Å². The molecule has 0 saturated heterocycles. The molecule has 1 rings (SSSR count). The SMILES string of the molecule is O=C1C=CC=CC1F. The molecule has 1 unspecified atom stereocenters. The summed E-state index contributed by atoms with van der Waals surface area (Å²) in [6, 6.07) is 0. The number of carbonyl (C=O) groups excluding carboxylic acids is 1. The molecule has 1 aliphatic rings. The van der Waals surface area contributed by atoms with Gasteiger partial charge in [0.05, 0.1) is 0 Å². The van der Waals surface area contributed by atoms with Crippen LogP contribution in [0.15, 0.2) is 24.3 Å². The van der Waals surface area contributed by atoms with Crippen molar-refractivity contribution in [2.24, 2.45) is 0 Å². The van der Waals surface area contributed by atoms with E-state index < -0.39 is 12.0 Å². The summed E-state index contributed by atoms with van der Waals surface area (Å²) in [5.41, 5.74) is 0. The van der Waals surface area contributed by atoms with E-state index in [0.29, 0.717) is 0 Å². The third-order valence-electron chi connectivity index (χ3n) is 0.923. The van der Waals surface area contributed by atoms with Gasteiger partial charge in [0, 0.05) is 0 Å². The fourth-order valence-electron chi connectivity index (χ4n) is 0.499. The molecule has 0 aromatic carbocycles. The molecular weight excluding hydrogens is 107 g/mol. The number of hydrogen-bond acceptors (Lipinski definition) is 1. The molecule has 0 aliphatic heterocycles. The lowest BCUT2D eigenvalue weighted by atomic mass is 10.1. The lowest BCUT2D eigenvalue weighted by molar-refractivity contribution is -0.117. The number of hydrogen-bond donors (Lipinski definition) is 0. The highest BCUT2D eigenvalue weighted by molar-refractivity contribution is 5.96. The fraction of sp³-hybridized carbons (Fsp3) is 0.167. The molecule has 0 bridgehead atoms. The van der Waals surface area contributed by atoms with Crippen LogP contribution >= 0.6 is 0 Å². The summed E-state index contributed by atoms with van der Waals surface area (Å²) in [6.07, 6.45) is 4.09. The van der Waals surface area contributed by atoms with Gasteiger partial charge in [-0.3, -0.25) is 4.79 Å². The molecule has 1 nitrogen and oxygen atoms in total. The predicted octanol–water partition coefficient (Wildman–Crippen LogP) is 1.02. The second-order valence-electron chi connectivity index (χ2n) is 1.55. The first-order valence-corrected chi connectivity index (χ1v) is 2.33. The van der Waals surface area contributed by atoms with E-state index in [2.05, 4.69) is 0 Å². The van der Waals surface area contributed by atoms with Crippen LogP contribution in [0.25, 0.3) is 0 Å². The van der Waals surface area contributed by atoms with Gasteiger partial charge < -0.3 is 0 Å². The molecule has 0 heterocycles. The molecule has 0 radical (unpaired) electrons. The zero-order chi connectivity index (χ0) is 5.98. The Bertz CT molecular complexity index is 158. The van der Waals surface area contributed by atoms with Crippen molar-refractivity contribution in [3.05, 3.63) is 24.3 Å². The van der Waals surface area contributed by atoms with Crippen molar-refractivity contribution in [2.45, 2.75) is 6.17 Å².